The lowest BCUT2D eigenvalue weighted by molar-refractivity contribution is -0.198. The summed E-state index contributed by atoms with van der Waals surface area (Å²) in [6, 6.07) is 0. The topological polar surface area (TPSA) is 72.8 Å². The van der Waals surface area contributed by atoms with E-state index in [1.54, 1.807) is 0 Å². The first kappa shape index (κ1) is 12.4. The van der Waals surface area contributed by atoms with E-state index in [-0.39, 0.29) is 0 Å². The van der Waals surface area contributed by atoms with Gasteiger partial charge in [-0.05, 0) is 6.92 Å². The Morgan fingerprint density at radius 1 is 1.21 bits per heavy atom. The molecule has 0 aromatic rings. The maximum Gasteiger partial charge on any atom is 0.333 e. The normalized spacial score (nSPS) is 11.6. The van der Waals surface area contributed by atoms with Gasteiger partial charge in [-0.25, -0.2) is 9.59 Å². The molecule has 0 aliphatic heterocycles. The van der Waals surface area contributed by atoms with Crippen LogP contribution in [-0.4, -0.2) is 29.4 Å². The fourth-order valence-corrected chi connectivity index (χ4v) is 0.546. The summed E-state index contributed by atoms with van der Waals surface area (Å²) in [7, 11) is 0. The summed E-state index contributed by atoms with van der Waals surface area (Å²) < 4.78 is 9.07. The second-order valence-electron chi connectivity index (χ2n) is 2.39. The van der Waals surface area contributed by atoms with Crippen LogP contribution in [0.1, 0.15) is 6.92 Å². The third kappa shape index (κ3) is 4.42. The van der Waals surface area contributed by atoms with Crippen LogP contribution < -0.4 is 0 Å². The van der Waals surface area contributed by atoms with E-state index in [4.69, 9.17) is 5.11 Å². The van der Waals surface area contributed by atoms with Gasteiger partial charge in [0.2, 0.25) is 0 Å². The highest BCUT2D eigenvalue weighted by Gasteiger charge is 2.21. The molecule has 0 amide bonds. The fourth-order valence-electron chi connectivity index (χ4n) is 0.546. The van der Waals surface area contributed by atoms with Gasteiger partial charge in [0.1, 0.15) is 6.10 Å². The highest BCUT2D eigenvalue weighted by atomic mass is 16.7. The van der Waals surface area contributed by atoms with E-state index >= 15 is 0 Å². The van der Waals surface area contributed by atoms with Gasteiger partial charge in [0, 0.05) is 12.2 Å². The van der Waals surface area contributed by atoms with Gasteiger partial charge in [0.05, 0.1) is 0 Å². The van der Waals surface area contributed by atoms with Gasteiger partial charge in [-0.3, -0.25) is 0 Å². The molecule has 0 saturated carbocycles. The molecule has 5 nitrogen and oxygen atoms in total. The molecule has 0 aromatic carbocycles. The molecular formula is C9H12O5. The van der Waals surface area contributed by atoms with E-state index in [0.29, 0.717) is 0 Å². The summed E-state index contributed by atoms with van der Waals surface area (Å²) in [6.45, 7) is 7.63. The van der Waals surface area contributed by atoms with Crippen molar-refractivity contribution in [2.75, 3.05) is 0 Å². The van der Waals surface area contributed by atoms with Crippen LogP contribution in [0.4, 0.5) is 0 Å². The third-order valence-corrected chi connectivity index (χ3v) is 1.19. The Morgan fingerprint density at radius 2 is 1.57 bits per heavy atom. The van der Waals surface area contributed by atoms with Crippen molar-refractivity contribution in [1.29, 1.82) is 0 Å². The minimum absolute atomic E-state index is 0.784. The number of aliphatic hydroxyl groups excluding tert-OH is 1. The molecule has 0 saturated heterocycles. The first-order valence-electron chi connectivity index (χ1n) is 3.85. The van der Waals surface area contributed by atoms with Crippen LogP contribution in [0.15, 0.2) is 25.3 Å². The van der Waals surface area contributed by atoms with Crippen LogP contribution in [0.3, 0.4) is 0 Å². The second kappa shape index (κ2) is 5.93. The molecular weight excluding hydrogens is 188 g/mol. The summed E-state index contributed by atoms with van der Waals surface area (Å²) in [5, 5.41) is 9.08. The van der Waals surface area contributed by atoms with Crippen molar-refractivity contribution in [3.05, 3.63) is 25.3 Å². The minimum Gasteiger partial charge on any atom is -0.419 e. The number of hydrogen-bond donors (Lipinski definition) is 1. The summed E-state index contributed by atoms with van der Waals surface area (Å²) in [4.78, 5) is 21.5. The molecule has 78 valence electrons. The lowest BCUT2D eigenvalue weighted by atomic mass is 10.4. The Labute approximate surface area is 81.6 Å². The zero-order chi connectivity index (χ0) is 11.1. The van der Waals surface area contributed by atoms with Crippen molar-refractivity contribution in [3.8, 4) is 0 Å². The largest absolute Gasteiger partial charge is 0.419 e. The fraction of sp³-hybridized carbons (Fsp3) is 0.333. The highest BCUT2D eigenvalue weighted by molar-refractivity contribution is 5.83. The van der Waals surface area contributed by atoms with Crippen LogP contribution in [0.25, 0.3) is 0 Å². The van der Waals surface area contributed by atoms with Crippen LogP contribution in [0, 0.1) is 0 Å². The quantitative estimate of drug-likeness (QED) is 0.388. The number of esters is 2. The third-order valence-electron chi connectivity index (χ3n) is 1.19. The average Bonchev–Trinajstić information content (AvgIpc) is 2.16. The predicted molar refractivity (Wildman–Crippen MR) is 48.0 cm³/mol. The smallest absolute Gasteiger partial charge is 0.333 e. The Kier molecular flexibility index (Phi) is 5.24. The molecule has 0 spiro atoms. The number of carbonyl (C=O) groups is 2. The molecule has 0 radical (unpaired) electrons. The summed E-state index contributed by atoms with van der Waals surface area (Å²) in [5.74, 6) is -1.57. The first-order valence-corrected chi connectivity index (χ1v) is 3.85. The summed E-state index contributed by atoms with van der Waals surface area (Å²) in [6.07, 6.45) is -0.664. The Balaban J connectivity index is 4.29. The lowest BCUT2D eigenvalue weighted by Gasteiger charge is -2.18. The van der Waals surface area contributed by atoms with Gasteiger partial charge in [0.15, 0.2) is 0 Å². The Hall–Kier alpha value is -1.62. The Bertz CT molecular complexity index is 222. The molecule has 0 heterocycles. The molecule has 0 aromatic heterocycles. The van der Waals surface area contributed by atoms with Gasteiger partial charge in [-0.15, -0.1) is 0 Å². The van der Waals surface area contributed by atoms with E-state index in [0.717, 1.165) is 12.2 Å². The van der Waals surface area contributed by atoms with Crippen LogP contribution in [0.5, 0.6) is 0 Å². The van der Waals surface area contributed by atoms with Crippen molar-refractivity contribution in [2.24, 2.45) is 0 Å². The van der Waals surface area contributed by atoms with Crippen LogP contribution in [-0.2, 0) is 19.1 Å². The lowest BCUT2D eigenvalue weighted by Crippen LogP contribution is -2.32. The molecule has 1 unspecified atom stereocenters. The summed E-state index contributed by atoms with van der Waals surface area (Å²) >= 11 is 0. The van der Waals surface area contributed by atoms with Crippen molar-refractivity contribution in [2.45, 2.75) is 19.3 Å². The molecule has 5 heteroatoms. The molecule has 14 heavy (non-hydrogen) atoms. The van der Waals surface area contributed by atoms with E-state index in [1.807, 2.05) is 0 Å². The van der Waals surface area contributed by atoms with E-state index in [2.05, 4.69) is 22.6 Å². The maximum atomic E-state index is 10.7. The van der Waals surface area contributed by atoms with Crippen molar-refractivity contribution >= 4 is 11.9 Å². The van der Waals surface area contributed by atoms with Gasteiger partial charge in [-0.2, -0.15) is 0 Å². The predicted octanol–water partition coefficient (Wildman–Crippen LogP) is 0.152. The second-order valence-corrected chi connectivity index (χ2v) is 2.39. The summed E-state index contributed by atoms with van der Waals surface area (Å²) in [5.41, 5.74) is 0. The van der Waals surface area contributed by atoms with Gasteiger partial charge in [0.25, 0.3) is 6.29 Å². The number of hydrogen-bond acceptors (Lipinski definition) is 5. The van der Waals surface area contributed by atoms with E-state index in [1.165, 1.54) is 6.92 Å². The van der Waals surface area contributed by atoms with E-state index in [9.17, 15) is 9.59 Å². The molecule has 1 atom stereocenters. The number of ether oxygens (including phenoxy) is 2. The van der Waals surface area contributed by atoms with Crippen molar-refractivity contribution < 1.29 is 24.2 Å². The monoisotopic (exact) mass is 200 g/mol. The SMILES string of the molecule is C=CC(=O)OC(OC(=O)C=C)C(C)O. The van der Waals surface area contributed by atoms with Gasteiger partial charge in [-0.1, -0.05) is 13.2 Å². The Morgan fingerprint density at radius 3 is 1.79 bits per heavy atom. The van der Waals surface area contributed by atoms with Gasteiger partial charge >= 0.3 is 11.9 Å². The standard InChI is InChI=1S/C9H12O5/c1-4-7(11)13-9(6(3)10)14-8(12)5-2/h4-6,9-10H,1-2H2,3H3. The molecule has 0 rings (SSSR count). The average molecular weight is 200 g/mol. The van der Waals surface area contributed by atoms with Crippen LogP contribution in [0.2, 0.25) is 0 Å². The van der Waals surface area contributed by atoms with Crippen molar-refractivity contribution in [3.63, 3.8) is 0 Å². The molecule has 0 fully saturated rings. The zero-order valence-corrected chi connectivity index (χ0v) is 7.80. The maximum absolute atomic E-state index is 10.7. The van der Waals surface area contributed by atoms with E-state index < -0.39 is 24.3 Å². The minimum atomic E-state index is -1.34. The van der Waals surface area contributed by atoms with Gasteiger partial charge < -0.3 is 14.6 Å². The number of aliphatic hydroxyl groups is 1. The van der Waals surface area contributed by atoms with Crippen LogP contribution >= 0.6 is 0 Å². The molecule has 0 aliphatic carbocycles. The number of carbonyl (C=O) groups excluding carboxylic acids is 2. The van der Waals surface area contributed by atoms with Crippen molar-refractivity contribution in [1.82, 2.24) is 0 Å². The molecule has 0 bridgehead atoms. The first-order chi connectivity index (χ1) is 6.51. The highest BCUT2D eigenvalue weighted by Crippen LogP contribution is 2.03. The molecule has 1 N–H and O–H groups in total. The zero-order valence-electron chi connectivity index (χ0n) is 7.80. The molecule has 0 aliphatic rings. The number of rotatable bonds is 5.